The molecule has 2 rings (SSSR count). The fraction of sp³-hybridized carbons (Fsp3) is 0.375. The van der Waals surface area contributed by atoms with Crippen molar-refractivity contribution in [1.82, 2.24) is 0 Å². The van der Waals surface area contributed by atoms with E-state index in [0.717, 1.165) is 5.75 Å². The highest BCUT2D eigenvalue weighted by atomic mass is 16.5. The third-order valence-corrected chi connectivity index (χ3v) is 2.92. The monoisotopic (exact) mass is 228 g/mol. The predicted molar refractivity (Wildman–Crippen MR) is 72.6 cm³/mol. The Hall–Kier alpha value is -1.50. The molecule has 0 aliphatic heterocycles. The van der Waals surface area contributed by atoms with Crippen LogP contribution in [0.4, 0.5) is 0 Å². The van der Waals surface area contributed by atoms with Crippen LogP contribution >= 0.6 is 0 Å². The van der Waals surface area contributed by atoms with Crippen molar-refractivity contribution in [2.45, 2.75) is 39.2 Å². The summed E-state index contributed by atoms with van der Waals surface area (Å²) in [5.74, 6) is 0.990. The molecule has 0 bridgehead atoms. The maximum Gasteiger partial charge on any atom is 0.136 e. The summed E-state index contributed by atoms with van der Waals surface area (Å²) in [7, 11) is 0. The van der Waals surface area contributed by atoms with Crippen LogP contribution in [0.1, 0.15) is 31.9 Å². The van der Waals surface area contributed by atoms with Crippen LogP contribution < -0.4 is 4.74 Å². The normalized spacial score (nSPS) is 15.5. The summed E-state index contributed by atoms with van der Waals surface area (Å²) < 4.78 is 6.01. The molecule has 1 aromatic rings. The van der Waals surface area contributed by atoms with Crippen molar-refractivity contribution >= 4 is 0 Å². The second-order valence-electron chi connectivity index (χ2n) is 5.60. The van der Waals surface area contributed by atoms with Crippen LogP contribution in [0.15, 0.2) is 42.5 Å². The van der Waals surface area contributed by atoms with Gasteiger partial charge in [0.25, 0.3) is 0 Å². The van der Waals surface area contributed by atoms with Gasteiger partial charge in [-0.1, -0.05) is 50.6 Å². The van der Waals surface area contributed by atoms with E-state index >= 15 is 0 Å². The van der Waals surface area contributed by atoms with Gasteiger partial charge in [0.05, 0.1) is 0 Å². The lowest BCUT2D eigenvalue weighted by Gasteiger charge is -2.24. The fourth-order valence-electron chi connectivity index (χ4n) is 1.97. The topological polar surface area (TPSA) is 9.23 Å². The summed E-state index contributed by atoms with van der Waals surface area (Å²) in [6, 6.07) is 6.40. The van der Waals surface area contributed by atoms with Crippen molar-refractivity contribution in [3.63, 3.8) is 0 Å². The maximum atomic E-state index is 6.01. The van der Waals surface area contributed by atoms with Gasteiger partial charge in [0.2, 0.25) is 0 Å². The van der Waals surface area contributed by atoms with Crippen LogP contribution in [0.25, 0.3) is 0 Å². The lowest BCUT2D eigenvalue weighted by atomic mass is 9.85. The number of allylic oxidation sites excluding steroid dienone is 2. The zero-order valence-electron chi connectivity index (χ0n) is 11.0. The van der Waals surface area contributed by atoms with Crippen LogP contribution in [0.3, 0.4) is 0 Å². The highest BCUT2D eigenvalue weighted by Crippen LogP contribution is 2.33. The Labute approximate surface area is 104 Å². The first-order valence-electron chi connectivity index (χ1n) is 6.09. The second-order valence-corrected chi connectivity index (χ2v) is 5.60. The van der Waals surface area contributed by atoms with E-state index in [1.54, 1.807) is 0 Å². The van der Waals surface area contributed by atoms with Gasteiger partial charge < -0.3 is 4.74 Å². The Balaban J connectivity index is 2.32. The molecule has 0 heterocycles. The molecule has 0 amide bonds. The van der Waals surface area contributed by atoms with E-state index in [4.69, 9.17) is 4.74 Å². The molecule has 17 heavy (non-hydrogen) atoms. The minimum atomic E-state index is 0.0822. The molecule has 1 aliphatic carbocycles. The average molecular weight is 228 g/mol. The van der Waals surface area contributed by atoms with Gasteiger partial charge in [-0.2, -0.15) is 0 Å². The van der Waals surface area contributed by atoms with Crippen LogP contribution in [0, 0.1) is 6.92 Å². The Kier molecular flexibility index (Phi) is 3.10. The van der Waals surface area contributed by atoms with E-state index < -0.39 is 0 Å². The molecule has 0 fully saturated rings. The van der Waals surface area contributed by atoms with Gasteiger partial charge in [0.15, 0.2) is 0 Å². The molecular weight excluding hydrogens is 208 g/mol. The van der Waals surface area contributed by atoms with Crippen molar-refractivity contribution in [3.05, 3.63) is 53.6 Å². The first kappa shape index (κ1) is 12.0. The minimum Gasteiger partial charge on any atom is -0.482 e. The van der Waals surface area contributed by atoms with E-state index in [1.807, 2.05) is 12.2 Å². The summed E-state index contributed by atoms with van der Waals surface area (Å²) in [4.78, 5) is 0. The summed E-state index contributed by atoms with van der Waals surface area (Å²) in [5, 5.41) is 0. The number of benzene rings is 1. The number of hydrogen-bond donors (Lipinski definition) is 0. The summed E-state index contributed by atoms with van der Waals surface area (Å²) in [6.45, 7) is 8.77. The molecule has 0 saturated heterocycles. The van der Waals surface area contributed by atoms with Crippen LogP contribution in [-0.2, 0) is 5.41 Å². The summed E-state index contributed by atoms with van der Waals surface area (Å²) in [5.41, 5.74) is 2.65. The van der Waals surface area contributed by atoms with E-state index in [1.165, 1.54) is 11.1 Å². The van der Waals surface area contributed by atoms with Gasteiger partial charge in [0, 0.05) is 0 Å². The molecule has 0 saturated carbocycles. The first-order valence-corrected chi connectivity index (χ1v) is 6.09. The van der Waals surface area contributed by atoms with E-state index in [-0.39, 0.29) is 11.5 Å². The number of ether oxygens (including phenoxy) is 1. The van der Waals surface area contributed by atoms with Crippen molar-refractivity contribution in [1.29, 1.82) is 0 Å². The van der Waals surface area contributed by atoms with Crippen molar-refractivity contribution in [2.75, 3.05) is 0 Å². The smallest absolute Gasteiger partial charge is 0.136 e. The minimum absolute atomic E-state index is 0.0822. The molecule has 1 heteroatoms. The third-order valence-electron chi connectivity index (χ3n) is 2.92. The van der Waals surface area contributed by atoms with Crippen molar-refractivity contribution < 1.29 is 4.74 Å². The molecule has 90 valence electrons. The van der Waals surface area contributed by atoms with Gasteiger partial charge in [0.1, 0.15) is 11.9 Å². The SMILES string of the molecule is Cc1ccc(OC2C=CC=C2)c(C(C)(C)C)c1. The Morgan fingerprint density at radius 2 is 1.71 bits per heavy atom. The summed E-state index contributed by atoms with van der Waals surface area (Å²) in [6.07, 6.45) is 8.25. The quantitative estimate of drug-likeness (QED) is 0.738. The van der Waals surface area contributed by atoms with Gasteiger partial charge >= 0.3 is 0 Å². The Morgan fingerprint density at radius 3 is 2.29 bits per heavy atom. The maximum absolute atomic E-state index is 6.01. The number of aryl methyl sites for hydroxylation is 1. The van der Waals surface area contributed by atoms with Crippen LogP contribution in [0.5, 0.6) is 5.75 Å². The molecule has 0 N–H and O–H groups in total. The zero-order valence-corrected chi connectivity index (χ0v) is 11.0. The standard InChI is InChI=1S/C16H20O/c1-12-9-10-15(14(11-12)16(2,3)4)17-13-7-5-6-8-13/h5-11,13H,1-4H3. The lowest BCUT2D eigenvalue weighted by molar-refractivity contribution is 0.290. The van der Waals surface area contributed by atoms with E-state index in [0.29, 0.717) is 0 Å². The largest absolute Gasteiger partial charge is 0.482 e. The number of hydrogen-bond acceptors (Lipinski definition) is 1. The van der Waals surface area contributed by atoms with Gasteiger partial charge in [-0.3, -0.25) is 0 Å². The van der Waals surface area contributed by atoms with Gasteiger partial charge in [-0.25, -0.2) is 0 Å². The Morgan fingerprint density at radius 1 is 1.06 bits per heavy atom. The summed E-state index contributed by atoms with van der Waals surface area (Å²) >= 11 is 0. The average Bonchev–Trinajstić information content (AvgIpc) is 2.72. The molecule has 1 aliphatic rings. The van der Waals surface area contributed by atoms with Crippen LogP contribution in [-0.4, -0.2) is 6.10 Å². The highest BCUT2D eigenvalue weighted by molar-refractivity contribution is 5.42. The van der Waals surface area contributed by atoms with Gasteiger partial charge in [-0.15, -0.1) is 0 Å². The second kappa shape index (κ2) is 4.40. The fourth-order valence-corrected chi connectivity index (χ4v) is 1.97. The first-order chi connectivity index (χ1) is 7.97. The Bertz CT molecular complexity index is 449. The molecule has 0 atom stereocenters. The van der Waals surface area contributed by atoms with E-state index in [2.05, 4.69) is 58.0 Å². The molecule has 1 nitrogen and oxygen atoms in total. The van der Waals surface area contributed by atoms with Crippen molar-refractivity contribution in [2.24, 2.45) is 0 Å². The third kappa shape index (κ3) is 2.79. The molecular formula is C16H20O. The highest BCUT2D eigenvalue weighted by Gasteiger charge is 2.20. The molecule has 0 spiro atoms. The van der Waals surface area contributed by atoms with E-state index in [9.17, 15) is 0 Å². The number of rotatable bonds is 2. The lowest BCUT2D eigenvalue weighted by Crippen LogP contribution is -2.16. The van der Waals surface area contributed by atoms with Crippen molar-refractivity contribution in [3.8, 4) is 5.75 Å². The zero-order chi connectivity index (χ0) is 12.5. The molecule has 1 aromatic carbocycles. The molecule has 0 aromatic heterocycles. The van der Waals surface area contributed by atoms with Crippen LogP contribution in [0.2, 0.25) is 0 Å². The predicted octanol–water partition coefficient (Wildman–Crippen LogP) is 4.17. The molecule has 0 radical (unpaired) electrons. The molecule has 0 unspecified atom stereocenters. The van der Waals surface area contributed by atoms with Gasteiger partial charge in [-0.05, 0) is 36.1 Å².